The topological polar surface area (TPSA) is 62.3 Å². The molecule has 1 fully saturated rings. The summed E-state index contributed by atoms with van der Waals surface area (Å²) in [4.78, 5) is 3.46. The summed E-state index contributed by atoms with van der Waals surface area (Å²) in [7, 11) is -2.16. The number of pyridine rings is 1. The lowest BCUT2D eigenvalue weighted by molar-refractivity contribution is 0.417. The molecule has 1 atom stereocenters. The van der Waals surface area contributed by atoms with Crippen LogP contribution in [0.1, 0.15) is 12.8 Å². The van der Waals surface area contributed by atoms with Gasteiger partial charge in [-0.15, -0.1) is 0 Å². The van der Waals surface area contributed by atoms with Crippen LogP contribution < -0.4 is 5.32 Å². The van der Waals surface area contributed by atoms with Crippen molar-refractivity contribution in [1.29, 1.82) is 0 Å². The molecule has 5 nitrogen and oxygen atoms in total. The van der Waals surface area contributed by atoms with Crippen LogP contribution >= 0.6 is 0 Å². The number of nitrogens with one attached hydrogen (secondary N) is 1. The average Bonchev–Trinajstić information content (AvgIpc) is 2.81. The third-order valence-corrected chi connectivity index (χ3v) is 4.82. The molecule has 7 heteroatoms. The first-order chi connectivity index (χ1) is 8.50. The Balaban J connectivity index is 2.14. The highest BCUT2D eigenvalue weighted by Gasteiger charge is 2.25. The summed E-state index contributed by atoms with van der Waals surface area (Å²) >= 11 is 0. The monoisotopic (exact) mass is 273 g/mol. The van der Waals surface area contributed by atoms with Gasteiger partial charge in [-0.3, -0.25) is 4.98 Å². The molecule has 1 aliphatic rings. The van der Waals surface area contributed by atoms with Crippen molar-refractivity contribution in [3.63, 3.8) is 0 Å². The van der Waals surface area contributed by atoms with Crippen LogP contribution in [0.25, 0.3) is 0 Å². The molecule has 0 bridgehead atoms. The van der Waals surface area contributed by atoms with Gasteiger partial charge in [0.2, 0.25) is 10.0 Å². The Morgan fingerprint density at radius 2 is 2.33 bits per heavy atom. The van der Waals surface area contributed by atoms with Crippen LogP contribution in [0.2, 0.25) is 0 Å². The fourth-order valence-electron chi connectivity index (χ4n) is 2.03. The molecule has 1 unspecified atom stereocenters. The maximum atomic E-state index is 13.0. The van der Waals surface area contributed by atoms with Gasteiger partial charge in [0.1, 0.15) is 10.7 Å². The van der Waals surface area contributed by atoms with E-state index in [1.54, 1.807) is 0 Å². The van der Waals surface area contributed by atoms with Crippen LogP contribution in [-0.4, -0.2) is 43.9 Å². The molecule has 18 heavy (non-hydrogen) atoms. The minimum Gasteiger partial charge on any atom is -0.313 e. The maximum Gasteiger partial charge on any atom is 0.244 e. The van der Waals surface area contributed by atoms with Crippen LogP contribution in [0.15, 0.2) is 23.4 Å². The summed E-state index contributed by atoms with van der Waals surface area (Å²) in [5, 5.41) is 3.23. The van der Waals surface area contributed by atoms with E-state index >= 15 is 0 Å². The Hall–Kier alpha value is -1.05. The van der Waals surface area contributed by atoms with E-state index in [0.29, 0.717) is 6.54 Å². The minimum atomic E-state index is -3.66. The van der Waals surface area contributed by atoms with Crippen LogP contribution in [0.4, 0.5) is 4.39 Å². The smallest absolute Gasteiger partial charge is 0.244 e. The summed E-state index contributed by atoms with van der Waals surface area (Å²) in [5.74, 6) is -0.650. The van der Waals surface area contributed by atoms with Crippen LogP contribution in [-0.2, 0) is 10.0 Å². The highest BCUT2D eigenvalue weighted by atomic mass is 32.2. The van der Waals surface area contributed by atoms with E-state index in [0.717, 1.165) is 37.8 Å². The molecule has 1 N–H and O–H groups in total. The highest BCUT2D eigenvalue weighted by molar-refractivity contribution is 7.89. The first-order valence-electron chi connectivity index (χ1n) is 5.80. The summed E-state index contributed by atoms with van der Waals surface area (Å²) in [6.07, 6.45) is 4.16. The van der Waals surface area contributed by atoms with Gasteiger partial charge < -0.3 is 5.32 Å². The number of nitrogens with zero attached hydrogens (tertiary/aromatic N) is 2. The fourth-order valence-corrected chi connectivity index (χ4v) is 3.23. The second kappa shape index (κ2) is 5.29. The van der Waals surface area contributed by atoms with Crippen LogP contribution in [0.5, 0.6) is 0 Å². The molecule has 0 aliphatic carbocycles. The lowest BCUT2D eigenvalue weighted by Gasteiger charge is -2.20. The van der Waals surface area contributed by atoms with Crippen LogP contribution in [0, 0.1) is 5.82 Å². The van der Waals surface area contributed by atoms with Crippen LogP contribution in [0.3, 0.4) is 0 Å². The molecule has 2 rings (SSSR count). The molecule has 1 saturated heterocycles. The molecule has 2 heterocycles. The van der Waals surface area contributed by atoms with E-state index < -0.39 is 15.8 Å². The van der Waals surface area contributed by atoms with Gasteiger partial charge >= 0.3 is 0 Å². The normalized spacial score (nSPS) is 20.5. The van der Waals surface area contributed by atoms with E-state index in [1.807, 2.05) is 0 Å². The van der Waals surface area contributed by atoms with Gasteiger partial charge in [0.05, 0.1) is 6.20 Å². The van der Waals surface area contributed by atoms with Crippen molar-refractivity contribution >= 4 is 10.0 Å². The standard InChI is InChI=1S/C11H16FN3O2S/c1-15(8-10-3-2-4-14-10)18(16,17)11-5-9(12)6-13-7-11/h5-7,10,14H,2-4,8H2,1H3. The van der Waals surface area contributed by atoms with Gasteiger partial charge in [-0.1, -0.05) is 0 Å². The molecule has 1 aromatic heterocycles. The zero-order chi connectivity index (χ0) is 13.2. The van der Waals surface area contributed by atoms with Crippen molar-refractivity contribution in [2.45, 2.75) is 23.8 Å². The second-order valence-corrected chi connectivity index (χ2v) is 6.46. The zero-order valence-corrected chi connectivity index (χ0v) is 11.0. The third-order valence-electron chi connectivity index (χ3n) is 3.03. The Bertz CT molecular complexity index is 515. The Labute approximate surface area is 106 Å². The largest absolute Gasteiger partial charge is 0.313 e. The minimum absolute atomic E-state index is 0.108. The number of hydrogen-bond acceptors (Lipinski definition) is 4. The van der Waals surface area contributed by atoms with Crippen molar-refractivity contribution in [2.24, 2.45) is 0 Å². The number of aromatic nitrogens is 1. The number of likely N-dealkylation sites (N-methyl/N-ethyl adjacent to an activating group) is 1. The first kappa shape index (κ1) is 13.4. The van der Waals surface area contributed by atoms with E-state index in [4.69, 9.17) is 0 Å². The number of halogens is 1. The van der Waals surface area contributed by atoms with Gasteiger partial charge in [-0.05, 0) is 25.5 Å². The van der Waals surface area contributed by atoms with E-state index in [9.17, 15) is 12.8 Å². The van der Waals surface area contributed by atoms with Gasteiger partial charge in [0.15, 0.2) is 0 Å². The molecule has 0 amide bonds. The lowest BCUT2D eigenvalue weighted by atomic mass is 10.2. The van der Waals surface area contributed by atoms with Crippen molar-refractivity contribution < 1.29 is 12.8 Å². The molecule has 0 saturated carbocycles. The fraction of sp³-hybridized carbons (Fsp3) is 0.545. The summed E-state index contributed by atoms with van der Waals surface area (Å²) < 4.78 is 38.6. The van der Waals surface area contributed by atoms with E-state index in [2.05, 4.69) is 10.3 Å². The van der Waals surface area contributed by atoms with Gasteiger partial charge in [0.25, 0.3) is 0 Å². The quantitative estimate of drug-likeness (QED) is 0.872. The molecule has 0 radical (unpaired) electrons. The third kappa shape index (κ3) is 2.85. The Morgan fingerprint density at radius 3 is 2.94 bits per heavy atom. The van der Waals surface area contributed by atoms with Crippen molar-refractivity contribution in [3.05, 3.63) is 24.3 Å². The number of sulfonamides is 1. The predicted octanol–water partition coefficient (Wildman–Crippen LogP) is 0.593. The van der Waals surface area contributed by atoms with E-state index in [1.165, 1.54) is 11.4 Å². The number of hydrogen-bond donors (Lipinski definition) is 1. The molecule has 0 aromatic carbocycles. The highest BCUT2D eigenvalue weighted by Crippen LogP contribution is 2.16. The van der Waals surface area contributed by atoms with E-state index in [-0.39, 0.29) is 10.9 Å². The average molecular weight is 273 g/mol. The van der Waals surface area contributed by atoms with Gasteiger partial charge in [0, 0.05) is 25.8 Å². The predicted molar refractivity (Wildman–Crippen MR) is 65.0 cm³/mol. The molecular weight excluding hydrogens is 257 g/mol. The Morgan fingerprint density at radius 1 is 1.56 bits per heavy atom. The van der Waals surface area contributed by atoms with Crippen molar-refractivity contribution in [2.75, 3.05) is 20.1 Å². The van der Waals surface area contributed by atoms with Gasteiger partial charge in [-0.2, -0.15) is 4.31 Å². The summed E-state index contributed by atoms with van der Waals surface area (Å²) in [6.45, 7) is 1.30. The maximum absolute atomic E-state index is 13.0. The number of rotatable bonds is 4. The SMILES string of the molecule is CN(CC1CCCN1)S(=O)(=O)c1cncc(F)c1. The van der Waals surface area contributed by atoms with Crippen molar-refractivity contribution in [3.8, 4) is 0 Å². The van der Waals surface area contributed by atoms with Crippen molar-refractivity contribution in [1.82, 2.24) is 14.6 Å². The zero-order valence-electron chi connectivity index (χ0n) is 10.1. The lowest BCUT2D eigenvalue weighted by Crippen LogP contribution is -2.38. The molecular formula is C11H16FN3O2S. The first-order valence-corrected chi connectivity index (χ1v) is 7.24. The molecule has 1 aromatic rings. The molecule has 100 valence electrons. The summed E-state index contributed by atoms with van der Waals surface area (Å²) in [6, 6.07) is 1.16. The molecule has 1 aliphatic heterocycles. The molecule has 0 spiro atoms. The Kier molecular flexibility index (Phi) is 3.94. The van der Waals surface area contributed by atoms with Gasteiger partial charge in [-0.25, -0.2) is 12.8 Å². The summed E-state index contributed by atoms with van der Waals surface area (Å²) in [5.41, 5.74) is 0. The second-order valence-electron chi connectivity index (χ2n) is 4.42.